The number of nitriles is 1. The number of anilines is 1. The van der Waals surface area contributed by atoms with E-state index in [9.17, 15) is 4.79 Å². The van der Waals surface area contributed by atoms with E-state index in [1.165, 1.54) is 19.3 Å². The lowest BCUT2D eigenvalue weighted by Gasteiger charge is -2.09. The molecule has 5 nitrogen and oxygen atoms in total. The van der Waals surface area contributed by atoms with E-state index in [-0.39, 0.29) is 12.6 Å². The molecule has 0 aliphatic rings. The van der Waals surface area contributed by atoms with Gasteiger partial charge in [-0.1, -0.05) is 39.5 Å². The monoisotopic (exact) mass is 317 g/mol. The number of hydrogen-bond acceptors (Lipinski definition) is 3. The molecule has 0 saturated heterocycles. The predicted octanol–water partition coefficient (Wildman–Crippen LogP) is 4.32. The molecular weight excluding hydrogens is 290 g/mol. The highest BCUT2D eigenvalue weighted by atomic mass is 16.5. The summed E-state index contributed by atoms with van der Waals surface area (Å²) < 4.78 is 5.15. The molecule has 0 radical (unpaired) electrons. The Morgan fingerprint density at radius 1 is 1.17 bits per heavy atom. The van der Waals surface area contributed by atoms with Gasteiger partial charge < -0.3 is 15.4 Å². The normalized spacial score (nSPS) is 10.2. The van der Waals surface area contributed by atoms with Gasteiger partial charge in [-0.2, -0.15) is 5.26 Å². The third kappa shape index (κ3) is 9.41. The molecule has 126 valence electrons. The second-order valence-electron chi connectivity index (χ2n) is 5.95. The molecule has 23 heavy (non-hydrogen) atoms. The zero-order valence-corrected chi connectivity index (χ0v) is 14.1. The van der Waals surface area contributed by atoms with Crippen molar-refractivity contribution in [1.29, 1.82) is 5.26 Å². The number of amides is 2. The van der Waals surface area contributed by atoms with E-state index in [2.05, 4.69) is 24.5 Å². The minimum atomic E-state index is -0.196. The number of ether oxygens (including phenoxy) is 1. The highest BCUT2D eigenvalue weighted by Gasteiger charge is 2.01. The number of carbonyl (C=O) groups is 1. The van der Waals surface area contributed by atoms with E-state index in [1.807, 2.05) is 6.07 Å². The molecule has 1 rings (SSSR count). The van der Waals surface area contributed by atoms with Gasteiger partial charge in [0.1, 0.15) is 11.8 Å². The molecule has 2 amide bonds. The summed E-state index contributed by atoms with van der Waals surface area (Å²) in [6.07, 6.45) is 5.93. The Kier molecular flexibility index (Phi) is 9.30. The van der Waals surface area contributed by atoms with Crippen molar-refractivity contribution >= 4 is 11.7 Å². The van der Waals surface area contributed by atoms with E-state index < -0.39 is 0 Å². The van der Waals surface area contributed by atoms with E-state index in [0.717, 1.165) is 18.8 Å². The number of benzene rings is 1. The highest BCUT2D eigenvalue weighted by Crippen LogP contribution is 2.15. The summed E-state index contributed by atoms with van der Waals surface area (Å²) in [5, 5.41) is 14.1. The molecule has 0 saturated carbocycles. The van der Waals surface area contributed by atoms with Crippen LogP contribution in [-0.4, -0.2) is 19.2 Å². The largest absolute Gasteiger partial charge is 0.479 e. The lowest BCUT2D eigenvalue weighted by molar-refractivity contribution is 0.252. The van der Waals surface area contributed by atoms with E-state index in [4.69, 9.17) is 10.00 Å². The fourth-order valence-electron chi connectivity index (χ4n) is 2.16. The molecule has 1 aromatic rings. The molecule has 0 spiro atoms. The zero-order valence-electron chi connectivity index (χ0n) is 14.1. The van der Waals surface area contributed by atoms with Crippen LogP contribution in [0.25, 0.3) is 0 Å². The summed E-state index contributed by atoms with van der Waals surface area (Å²) in [4.78, 5) is 11.8. The van der Waals surface area contributed by atoms with Crippen LogP contribution < -0.4 is 15.4 Å². The van der Waals surface area contributed by atoms with E-state index in [1.54, 1.807) is 24.3 Å². The summed E-state index contributed by atoms with van der Waals surface area (Å²) >= 11 is 0. The molecule has 0 bridgehead atoms. The molecule has 1 aromatic carbocycles. The van der Waals surface area contributed by atoms with E-state index >= 15 is 0 Å². The first-order valence-electron chi connectivity index (χ1n) is 8.26. The standard InChI is InChI=1S/C18H27N3O2/c1-15(2)7-5-3-4-6-13-20-18(22)21-16-8-10-17(11-9-16)23-14-12-19/h8-11,15H,3-7,13-14H2,1-2H3,(H2,20,21,22). The van der Waals surface area contributed by atoms with Crippen LogP contribution in [0.3, 0.4) is 0 Å². The lowest BCUT2D eigenvalue weighted by Crippen LogP contribution is -2.29. The third-order valence-electron chi connectivity index (χ3n) is 3.41. The Morgan fingerprint density at radius 3 is 2.52 bits per heavy atom. The Hall–Kier alpha value is -2.22. The van der Waals surface area contributed by atoms with Gasteiger partial charge in [-0.05, 0) is 36.6 Å². The fourth-order valence-corrected chi connectivity index (χ4v) is 2.16. The Bertz CT molecular complexity index is 492. The number of nitrogens with one attached hydrogen (secondary N) is 2. The number of rotatable bonds is 10. The molecule has 0 unspecified atom stereocenters. The molecule has 0 fully saturated rings. The van der Waals surface area contributed by atoms with Crippen molar-refractivity contribution < 1.29 is 9.53 Å². The van der Waals surface area contributed by atoms with Gasteiger partial charge in [0.05, 0.1) is 0 Å². The summed E-state index contributed by atoms with van der Waals surface area (Å²) in [5.41, 5.74) is 0.698. The maximum atomic E-state index is 11.8. The SMILES string of the molecule is CC(C)CCCCCCNC(=O)Nc1ccc(OCC#N)cc1. The molecule has 0 heterocycles. The van der Waals surface area contributed by atoms with Crippen LogP contribution in [0, 0.1) is 17.2 Å². The predicted molar refractivity (Wildman–Crippen MR) is 92.5 cm³/mol. The first-order valence-corrected chi connectivity index (χ1v) is 8.26. The molecular formula is C18H27N3O2. The number of unbranched alkanes of at least 4 members (excludes halogenated alkanes) is 3. The highest BCUT2D eigenvalue weighted by molar-refractivity contribution is 5.89. The van der Waals surface area contributed by atoms with Crippen molar-refractivity contribution in [1.82, 2.24) is 5.32 Å². The van der Waals surface area contributed by atoms with Gasteiger partial charge in [0.15, 0.2) is 6.61 Å². The third-order valence-corrected chi connectivity index (χ3v) is 3.41. The van der Waals surface area contributed by atoms with Gasteiger partial charge in [-0.25, -0.2) is 4.79 Å². The first-order chi connectivity index (χ1) is 11.1. The number of carbonyl (C=O) groups excluding carboxylic acids is 1. The van der Waals surface area contributed by atoms with Crippen molar-refractivity contribution in [3.05, 3.63) is 24.3 Å². The number of nitrogens with zero attached hydrogens (tertiary/aromatic N) is 1. The molecule has 0 aliphatic carbocycles. The summed E-state index contributed by atoms with van der Waals surface area (Å²) in [7, 11) is 0. The van der Waals surface area contributed by atoms with Gasteiger partial charge >= 0.3 is 6.03 Å². The first kappa shape index (κ1) is 18.8. The van der Waals surface area contributed by atoms with Gasteiger partial charge in [-0.3, -0.25) is 0 Å². The van der Waals surface area contributed by atoms with Crippen LogP contribution in [0.5, 0.6) is 5.75 Å². The van der Waals surface area contributed by atoms with Crippen LogP contribution in [0.2, 0.25) is 0 Å². The zero-order chi connectivity index (χ0) is 16.9. The molecule has 0 aromatic heterocycles. The average molecular weight is 317 g/mol. The van der Waals surface area contributed by atoms with Crippen LogP contribution in [0.4, 0.5) is 10.5 Å². The Morgan fingerprint density at radius 2 is 1.87 bits per heavy atom. The van der Waals surface area contributed by atoms with Crippen molar-refractivity contribution in [2.45, 2.75) is 46.0 Å². The molecule has 5 heteroatoms. The van der Waals surface area contributed by atoms with Crippen LogP contribution in [0.15, 0.2) is 24.3 Å². The molecule has 2 N–H and O–H groups in total. The van der Waals surface area contributed by atoms with E-state index in [0.29, 0.717) is 18.0 Å². The Balaban J connectivity index is 2.13. The number of urea groups is 1. The second-order valence-corrected chi connectivity index (χ2v) is 5.95. The van der Waals surface area contributed by atoms with Crippen LogP contribution in [-0.2, 0) is 0 Å². The summed E-state index contributed by atoms with van der Waals surface area (Å²) in [6.45, 7) is 5.20. The quantitative estimate of drug-likeness (QED) is 0.631. The molecule has 0 aliphatic heterocycles. The van der Waals surface area contributed by atoms with Crippen LogP contribution >= 0.6 is 0 Å². The van der Waals surface area contributed by atoms with Gasteiger partial charge in [0.25, 0.3) is 0 Å². The topological polar surface area (TPSA) is 74.2 Å². The van der Waals surface area contributed by atoms with Crippen molar-refractivity contribution in [2.75, 3.05) is 18.5 Å². The van der Waals surface area contributed by atoms with Gasteiger partial charge in [-0.15, -0.1) is 0 Å². The van der Waals surface area contributed by atoms with Crippen LogP contribution in [0.1, 0.15) is 46.0 Å². The lowest BCUT2D eigenvalue weighted by atomic mass is 10.0. The minimum absolute atomic E-state index is 0.0183. The van der Waals surface area contributed by atoms with Crippen molar-refractivity contribution in [2.24, 2.45) is 5.92 Å². The van der Waals surface area contributed by atoms with Gasteiger partial charge in [0, 0.05) is 12.2 Å². The smallest absolute Gasteiger partial charge is 0.319 e. The molecule has 0 atom stereocenters. The maximum Gasteiger partial charge on any atom is 0.319 e. The van der Waals surface area contributed by atoms with Crippen molar-refractivity contribution in [3.63, 3.8) is 0 Å². The van der Waals surface area contributed by atoms with Crippen molar-refractivity contribution in [3.8, 4) is 11.8 Å². The number of hydrogen-bond donors (Lipinski definition) is 2. The minimum Gasteiger partial charge on any atom is -0.479 e. The van der Waals surface area contributed by atoms with Gasteiger partial charge in [0.2, 0.25) is 0 Å². The fraction of sp³-hybridized carbons (Fsp3) is 0.556. The summed E-state index contributed by atoms with van der Waals surface area (Å²) in [6, 6.07) is 8.66. The maximum absolute atomic E-state index is 11.8. The summed E-state index contributed by atoms with van der Waals surface area (Å²) in [5.74, 6) is 1.38. The second kappa shape index (κ2) is 11.4. The Labute approximate surface area is 139 Å². The average Bonchev–Trinajstić information content (AvgIpc) is 2.53.